The van der Waals surface area contributed by atoms with Crippen LogP contribution in [0.25, 0.3) is 0 Å². The molecule has 1 N–H and O–H groups in total. The predicted molar refractivity (Wildman–Crippen MR) is 68.7 cm³/mol. The molecule has 0 aliphatic heterocycles. The third-order valence-electron chi connectivity index (χ3n) is 2.64. The standard InChI is InChI=1S/C13H17N3O2/c1-4-17-13-9(2)12(14-8-15-13)16-10(3)11-6-5-7-18-11/h5-8,10H,4H2,1-3H3,(H,14,15,16). The van der Waals surface area contributed by atoms with Crippen LogP contribution in [-0.4, -0.2) is 16.6 Å². The first-order valence-corrected chi connectivity index (χ1v) is 5.96. The van der Waals surface area contributed by atoms with Crippen LogP contribution in [-0.2, 0) is 0 Å². The summed E-state index contributed by atoms with van der Waals surface area (Å²) in [7, 11) is 0. The molecule has 2 heterocycles. The van der Waals surface area contributed by atoms with Crippen LogP contribution >= 0.6 is 0 Å². The van der Waals surface area contributed by atoms with Gasteiger partial charge in [-0.3, -0.25) is 0 Å². The molecule has 2 aromatic rings. The van der Waals surface area contributed by atoms with E-state index >= 15 is 0 Å². The van der Waals surface area contributed by atoms with Gasteiger partial charge in [0.05, 0.1) is 24.5 Å². The lowest BCUT2D eigenvalue weighted by Crippen LogP contribution is -2.10. The zero-order valence-corrected chi connectivity index (χ0v) is 10.8. The maximum Gasteiger partial charge on any atom is 0.221 e. The fourth-order valence-corrected chi connectivity index (χ4v) is 1.68. The van der Waals surface area contributed by atoms with Gasteiger partial charge in [-0.2, -0.15) is 0 Å². The number of hydrogen-bond acceptors (Lipinski definition) is 5. The Balaban J connectivity index is 2.16. The summed E-state index contributed by atoms with van der Waals surface area (Å²) in [6, 6.07) is 3.84. The van der Waals surface area contributed by atoms with Crippen molar-refractivity contribution in [1.82, 2.24) is 9.97 Å². The Morgan fingerprint density at radius 3 is 2.94 bits per heavy atom. The maximum absolute atomic E-state index is 5.44. The molecule has 1 atom stereocenters. The zero-order chi connectivity index (χ0) is 13.0. The van der Waals surface area contributed by atoms with Crippen molar-refractivity contribution in [3.63, 3.8) is 0 Å². The summed E-state index contributed by atoms with van der Waals surface area (Å²) in [6.07, 6.45) is 3.15. The molecule has 0 aliphatic carbocycles. The summed E-state index contributed by atoms with van der Waals surface area (Å²) in [5.74, 6) is 2.24. The molecule has 0 aromatic carbocycles. The van der Waals surface area contributed by atoms with Gasteiger partial charge in [0.15, 0.2) is 0 Å². The summed E-state index contributed by atoms with van der Waals surface area (Å²) in [5.41, 5.74) is 0.901. The molecule has 0 saturated carbocycles. The fourth-order valence-electron chi connectivity index (χ4n) is 1.68. The second-order valence-corrected chi connectivity index (χ2v) is 3.97. The lowest BCUT2D eigenvalue weighted by atomic mass is 10.2. The van der Waals surface area contributed by atoms with Gasteiger partial charge in [0.1, 0.15) is 17.9 Å². The number of rotatable bonds is 5. The highest BCUT2D eigenvalue weighted by atomic mass is 16.5. The number of aromatic nitrogens is 2. The minimum atomic E-state index is 0.0445. The quantitative estimate of drug-likeness (QED) is 0.880. The van der Waals surface area contributed by atoms with E-state index in [0.29, 0.717) is 12.5 Å². The molecule has 0 fully saturated rings. The largest absolute Gasteiger partial charge is 0.478 e. The van der Waals surface area contributed by atoms with Crippen LogP contribution < -0.4 is 10.1 Å². The van der Waals surface area contributed by atoms with Gasteiger partial charge in [0, 0.05) is 0 Å². The highest BCUT2D eigenvalue weighted by molar-refractivity contribution is 5.48. The Labute approximate surface area is 106 Å². The van der Waals surface area contributed by atoms with Crippen LogP contribution in [0.5, 0.6) is 5.88 Å². The summed E-state index contributed by atoms with van der Waals surface area (Å²) in [4.78, 5) is 8.33. The smallest absolute Gasteiger partial charge is 0.221 e. The van der Waals surface area contributed by atoms with Gasteiger partial charge in [0.2, 0.25) is 5.88 Å². The third kappa shape index (κ3) is 2.61. The van der Waals surface area contributed by atoms with E-state index in [4.69, 9.17) is 9.15 Å². The van der Waals surface area contributed by atoms with Gasteiger partial charge in [-0.25, -0.2) is 9.97 Å². The highest BCUT2D eigenvalue weighted by Crippen LogP contribution is 2.24. The average Bonchev–Trinajstić information content (AvgIpc) is 2.88. The zero-order valence-electron chi connectivity index (χ0n) is 10.8. The van der Waals surface area contributed by atoms with Crippen molar-refractivity contribution in [1.29, 1.82) is 0 Å². The molecule has 2 aromatic heterocycles. The van der Waals surface area contributed by atoms with Gasteiger partial charge >= 0.3 is 0 Å². The van der Waals surface area contributed by atoms with Gasteiger partial charge in [-0.1, -0.05) is 0 Å². The average molecular weight is 247 g/mol. The molecule has 5 nitrogen and oxygen atoms in total. The minimum Gasteiger partial charge on any atom is -0.478 e. The molecule has 96 valence electrons. The normalized spacial score (nSPS) is 12.2. The van der Waals surface area contributed by atoms with Crippen molar-refractivity contribution < 1.29 is 9.15 Å². The van der Waals surface area contributed by atoms with Crippen LogP contribution in [0.4, 0.5) is 5.82 Å². The van der Waals surface area contributed by atoms with Crippen LogP contribution in [0.3, 0.4) is 0 Å². The predicted octanol–water partition coefficient (Wildman–Crippen LogP) is 2.95. The first kappa shape index (κ1) is 12.4. The van der Waals surface area contributed by atoms with Gasteiger partial charge < -0.3 is 14.5 Å². The topological polar surface area (TPSA) is 60.2 Å². The molecule has 2 rings (SSSR count). The van der Waals surface area contributed by atoms with E-state index in [1.54, 1.807) is 6.26 Å². The number of anilines is 1. The Morgan fingerprint density at radius 1 is 1.44 bits per heavy atom. The van der Waals surface area contributed by atoms with Crippen LogP contribution in [0.2, 0.25) is 0 Å². The third-order valence-corrected chi connectivity index (χ3v) is 2.64. The summed E-state index contributed by atoms with van der Waals surface area (Å²) < 4.78 is 10.8. The summed E-state index contributed by atoms with van der Waals surface area (Å²) in [6.45, 7) is 6.47. The minimum absolute atomic E-state index is 0.0445. The first-order chi connectivity index (χ1) is 8.72. The molecule has 1 unspecified atom stereocenters. The molecule has 0 bridgehead atoms. The number of hydrogen-bond donors (Lipinski definition) is 1. The van der Waals surface area contributed by atoms with Crippen molar-refractivity contribution in [2.24, 2.45) is 0 Å². The molecular weight excluding hydrogens is 230 g/mol. The van der Waals surface area contributed by atoms with E-state index in [0.717, 1.165) is 17.1 Å². The monoisotopic (exact) mass is 247 g/mol. The van der Waals surface area contributed by atoms with Crippen molar-refractivity contribution in [2.75, 3.05) is 11.9 Å². The Hall–Kier alpha value is -2.04. The van der Waals surface area contributed by atoms with Crippen LogP contribution in [0, 0.1) is 6.92 Å². The van der Waals surface area contributed by atoms with Crippen molar-refractivity contribution in [3.8, 4) is 5.88 Å². The van der Waals surface area contributed by atoms with E-state index in [-0.39, 0.29) is 6.04 Å². The second-order valence-electron chi connectivity index (χ2n) is 3.97. The van der Waals surface area contributed by atoms with E-state index in [1.807, 2.05) is 32.9 Å². The van der Waals surface area contributed by atoms with E-state index in [9.17, 15) is 0 Å². The van der Waals surface area contributed by atoms with Crippen LogP contribution in [0.1, 0.15) is 31.2 Å². The number of nitrogens with zero attached hydrogens (tertiary/aromatic N) is 2. The van der Waals surface area contributed by atoms with Crippen LogP contribution in [0.15, 0.2) is 29.1 Å². The Bertz CT molecular complexity index is 497. The lowest BCUT2D eigenvalue weighted by Gasteiger charge is -2.15. The van der Waals surface area contributed by atoms with Crippen molar-refractivity contribution in [2.45, 2.75) is 26.8 Å². The molecule has 0 spiro atoms. The summed E-state index contributed by atoms with van der Waals surface area (Å²) >= 11 is 0. The number of nitrogens with one attached hydrogen (secondary N) is 1. The molecule has 0 amide bonds. The van der Waals surface area contributed by atoms with E-state index < -0.39 is 0 Å². The Morgan fingerprint density at radius 2 is 2.28 bits per heavy atom. The molecule has 0 aliphatic rings. The van der Waals surface area contributed by atoms with Gasteiger partial charge in [-0.05, 0) is 32.9 Å². The number of furan rings is 1. The number of ether oxygens (including phenoxy) is 1. The molecule has 0 radical (unpaired) electrons. The van der Waals surface area contributed by atoms with Gasteiger partial charge in [0.25, 0.3) is 0 Å². The van der Waals surface area contributed by atoms with E-state index in [1.165, 1.54) is 6.33 Å². The fraction of sp³-hybridized carbons (Fsp3) is 0.385. The maximum atomic E-state index is 5.44. The van der Waals surface area contributed by atoms with E-state index in [2.05, 4.69) is 15.3 Å². The van der Waals surface area contributed by atoms with Gasteiger partial charge in [-0.15, -0.1) is 0 Å². The lowest BCUT2D eigenvalue weighted by molar-refractivity contribution is 0.323. The highest BCUT2D eigenvalue weighted by Gasteiger charge is 2.13. The Kier molecular flexibility index (Phi) is 3.82. The first-order valence-electron chi connectivity index (χ1n) is 5.96. The van der Waals surface area contributed by atoms with Crippen molar-refractivity contribution >= 4 is 5.82 Å². The van der Waals surface area contributed by atoms with Crippen molar-refractivity contribution in [3.05, 3.63) is 36.0 Å². The SMILES string of the molecule is CCOc1ncnc(NC(C)c2ccco2)c1C. The molecule has 5 heteroatoms. The molecular formula is C13H17N3O2. The summed E-state index contributed by atoms with van der Waals surface area (Å²) in [5, 5.41) is 3.29. The second kappa shape index (κ2) is 5.53. The molecule has 18 heavy (non-hydrogen) atoms. The molecule has 0 saturated heterocycles.